The summed E-state index contributed by atoms with van der Waals surface area (Å²) >= 11 is 0. The van der Waals surface area contributed by atoms with Crippen molar-refractivity contribution in [2.75, 3.05) is 6.61 Å². The minimum atomic E-state index is -0.687. The molecule has 1 saturated carbocycles. The van der Waals surface area contributed by atoms with Crippen molar-refractivity contribution in [3.05, 3.63) is 11.1 Å². The van der Waals surface area contributed by atoms with E-state index in [-0.39, 0.29) is 23.1 Å². The number of hydrogen-bond acceptors (Lipinski definition) is 4. The van der Waals surface area contributed by atoms with E-state index in [1.54, 1.807) is 0 Å². The molecular weight excluding hydrogens is 244 g/mol. The SMILES string of the molecule is C[C@H]1C[C@@H](O)C2=C(COC2=O)[C@@]23O[C@@H]2C(C)(C)C[C@@H]13. The first-order valence-electron chi connectivity index (χ1n) is 7.14. The Bertz CT molecular complexity index is 506. The fourth-order valence-corrected chi connectivity index (χ4v) is 4.80. The summed E-state index contributed by atoms with van der Waals surface area (Å²) in [4.78, 5) is 11.9. The van der Waals surface area contributed by atoms with E-state index < -0.39 is 6.10 Å². The number of rotatable bonds is 0. The van der Waals surface area contributed by atoms with Gasteiger partial charge in [0.15, 0.2) is 0 Å². The lowest BCUT2D eigenvalue weighted by Crippen LogP contribution is -2.29. The molecule has 0 unspecified atom stereocenters. The fourth-order valence-electron chi connectivity index (χ4n) is 4.80. The van der Waals surface area contributed by atoms with Crippen LogP contribution in [0.3, 0.4) is 0 Å². The summed E-state index contributed by atoms with van der Waals surface area (Å²) in [5, 5.41) is 10.3. The van der Waals surface area contributed by atoms with Gasteiger partial charge >= 0.3 is 5.97 Å². The number of carbonyl (C=O) groups is 1. The highest BCUT2D eigenvalue weighted by Crippen LogP contribution is 2.69. The normalized spacial score (nSPS) is 50.2. The first-order valence-corrected chi connectivity index (χ1v) is 7.14. The molecule has 0 aromatic rings. The lowest BCUT2D eigenvalue weighted by molar-refractivity contribution is -0.137. The van der Waals surface area contributed by atoms with Gasteiger partial charge < -0.3 is 14.6 Å². The van der Waals surface area contributed by atoms with Crippen molar-refractivity contribution < 1.29 is 19.4 Å². The van der Waals surface area contributed by atoms with Crippen molar-refractivity contribution in [3.63, 3.8) is 0 Å². The summed E-state index contributed by atoms with van der Waals surface area (Å²) in [6.07, 6.45) is 1.22. The molecule has 2 aliphatic carbocycles. The van der Waals surface area contributed by atoms with E-state index in [4.69, 9.17) is 9.47 Å². The largest absolute Gasteiger partial charge is 0.458 e. The average Bonchev–Trinajstić information content (AvgIpc) is 2.91. The number of ether oxygens (including phenoxy) is 2. The monoisotopic (exact) mass is 264 g/mol. The van der Waals surface area contributed by atoms with Gasteiger partial charge in [-0.3, -0.25) is 0 Å². The Balaban J connectivity index is 1.88. The van der Waals surface area contributed by atoms with Gasteiger partial charge in [-0.2, -0.15) is 0 Å². The second kappa shape index (κ2) is 3.23. The van der Waals surface area contributed by atoms with Crippen molar-refractivity contribution >= 4 is 5.97 Å². The Labute approximate surface area is 112 Å². The van der Waals surface area contributed by atoms with Crippen LogP contribution < -0.4 is 0 Å². The van der Waals surface area contributed by atoms with Crippen LogP contribution in [0.4, 0.5) is 0 Å². The molecule has 2 fully saturated rings. The quantitative estimate of drug-likeness (QED) is 0.531. The number of carbonyl (C=O) groups excluding carboxylic acids is 1. The van der Waals surface area contributed by atoms with Gasteiger partial charge in [-0.15, -0.1) is 0 Å². The molecule has 5 atom stereocenters. The minimum Gasteiger partial charge on any atom is -0.458 e. The van der Waals surface area contributed by atoms with E-state index >= 15 is 0 Å². The first kappa shape index (κ1) is 11.9. The second-order valence-corrected chi connectivity index (χ2v) is 7.29. The third-order valence-electron chi connectivity index (χ3n) is 5.63. The van der Waals surface area contributed by atoms with Crippen LogP contribution in [-0.4, -0.2) is 35.5 Å². The van der Waals surface area contributed by atoms with Crippen LogP contribution in [-0.2, 0) is 14.3 Å². The Morgan fingerprint density at radius 2 is 2.11 bits per heavy atom. The molecule has 4 aliphatic rings. The van der Waals surface area contributed by atoms with Gasteiger partial charge in [0.2, 0.25) is 0 Å². The van der Waals surface area contributed by atoms with Gasteiger partial charge in [0.1, 0.15) is 12.2 Å². The van der Waals surface area contributed by atoms with Gasteiger partial charge in [0.25, 0.3) is 0 Å². The summed E-state index contributed by atoms with van der Waals surface area (Å²) in [6.45, 7) is 6.95. The van der Waals surface area contributed by atoms with E-state index in [1.165, 1.54) is 0 Å². The fraction of sp³-hybridized carbons (Fsp3) is 0.800. The molecule has 4 nitrogen and oxygen atoms in total. The van der Waals surface area contributed by atoms with Gasteiger partial charge in [-0.05, 0) is 30.1 Å². The Morgan fingerprint density at radius 1 is 1.37 bits per heavy atom. The number of hydrogen-bond donors (Lipinski definition) is 1. The van der Waals surface area contributed by atoms with Crippen LogP contribution in [0.2, 0.25) is 0 Å². The van der Waals surface area contributed by atoms with Crippen molar-refractivity contribution in [1.29, 1.82) is 0 Å². The van der Waals surface area contributed by atoms with Crippen LogP contribution >= 0.6 is 0 Å². The predicted octanol–water partition coefficient (Wildman–Crippen LogP) is 1.42. The molecule has 4 rings (SSSR count). The molecule has 0 aromatic carbocycles. The van der Waals surface area contributed by atoms with E-state index in [0.29, 0.717) is 30.4 Å². The van der Waals surface area contributed by atoms with Crippen LogP contribution in [0.25, 0.3) is 0 Å². The lowest BCUT2D eigenvalue weighted by Gasteiger charge is -2.28. The van der Waals surface area contributed by atoms with E-state index in [1.807, 2.05) is 0 Å². The molecule has 104 valence electrons. The van der Waals surface area contributed by atoms with Crippen LogP contribution in [0.5, 0.6) is 0 Å². The zero-order valence-corrected chi connectivity index (χ0v) is 11.6. The summed E-state index contributed by atoms with van der Waals surface area (Å²) < 4.78 is 11.3. The number of epoxide rings is 1. The standard InChI is InChI=1S/C15H20O4/c1-7-4-10(16)11-9(6-18-12(11)17)15-8(7)5-14(2,3)13(15)19-15/h7-8,10,13,16H,4-6H2,1-3H3/t7-,8-,10+,13+,15+/m0/s1. The highest BCUT2D eigenvalue weighted by Gasteiger charge is 2.76. The Morgan fingerprint density at radius 3 is 2.79 bits per heavy atom. The maximum Gasteiger partial charge on any atom is 0.337 e. The van der Waals surface area contributed by atoms with E-state index in [9.17, 15) is 9.90 Å². The van der Waals surface area contributed by atoms with Crippen LogP contribution in [0.1, 0.15) is 33.6 Å². The van der Waals surface area contributed by atoms with Crippen molar-refractivity contribution in [1.82, 2.24) is 0 Å². The van der Waals surface area contributed by atoms with Gasteiger partial charge in [-0.1, -0.05) is 20.8 Å². The summed E-state index contributed by atoms with van der Waals surface area (Å²) in [5.74, 6) is 0.410. The third kappa shape index (κ3) is 1.24. The van der Waals surface area contributed by atoms with Crippen LogP contribution in [0.15, 0.2) is 11.1 Å². The molecule has 1 saturated heterocycles. The molecule has 1 N–H and O–H groups in total. The second-order valence-electron chi connectivity index (χ2n) is 7.29. The summed E-state index contributed by atoms with van der Waals surface area (Å²) in [5.41, 5.74) is 1.26. The van der Waals surface area contributed by atoms with Crippen molar-refractivity contribution in [2.45, 2.75) is 51.4 Å². The molecule has 4 heteroatoms. The molecular formula is C15H20O4. The van der Waals surface area contributed by atoms with Crippen LogP contribution in [0, 0.1) is 17.3 Å². The smallest absolute Gasteiger partial charge is 0.337 e. The maximum absolute atomic E-state index is 11.9. The minimum absolute atomic E-state index is 0.144. The molecule has 0 aromatic heterocycles. The third-order valence-corrected chi connectivity index (χ3v) is 5.63. The Kier molecular flexibility index (Phi) is 2.03. The highest BCUT2D eigenvalue weighted by molar-refractivity contribution is 5.94. The number of esters is 1. The maximum atomic E-state index is 11.9. The molecule has 0 amide bonds. The Hall–Kier alpha value is -0.870. The van der Waals surface area contributed by atoms with Crippen molar-refractivity contribution in [3.8, 4) is 0 Å². The molecule has 1 spiro atoms. The zero-order valence-electron chi connectivity index (χ0n) is 11.6. The molecule has 0 radical (unpaired) electrons. The first-order chi connectivity index (χ1) is 8.88. The molecule has 2 heterocycles. The van der Waals surface area contributed by atoms with Gasteiger partial charge in [0, 0.05) is 5.57 Å². The molecule has 2 aliphatic heterocycles. The summed E-state index contributed by atoms with van der Waals surface area (Å²) in [7, 11) is 0. The number of aliphatic hydroxyl groups is 1. The lowest BCUT2D eigenvalue weighted by atomic mass is 9.80. The molecule has 19 heavy (non-hydrogen) atoms. The molecule has 0 bridgehead atoms. The topological polar surface area (TPSA) is 59.1 Å². The van der Waals surface area contributed by atoms with Crippen molar-refractivity contribution in [2.24, 2.45) is 17.3 Å². The number of aliphatic hydroxyl groups excluding tert-OH is 1. The van der Waals surface area contributed by atoms with Gasteiger partial charge in [0.05, 0.1) is 17.8 Å². The van der Waals surface area contributed by atoms with E-state index in [0.717, 1.165) is 12.0 Å². The zero-order chi connectivity index (χ0) is 13.6. The number of cyclic esters (lactones) is 1. The average molecular weight is 264 g/mol. The van der Waals surface area contributed by atoms with E-state index in [2.05, 4.69) is 20.8 Å². The summed E-state index contributed by atoms with van der Waals surface area (Å²) in [6, 6.07) is 0. The highest BCUT2D eigenvalue weighted by atomic mass is 16.6. The van der Waals surface area contributed by atoms with Gasteiger partial charge in [-0.25, -0.2) is 4.79 Å². The predicted molar refractivity (Wildman–Crippen MR) is 67.3 cm³/mol.